The van der Waals surface area contributed by atoms with Gasteiger partial charge < -0.3 is 19.3 Å². The van der Waals surface area contributed by atoms with Crippen LogP contribution in [-0.2, 0) is 9.47 Å². The maximum Gasteiger partial charge on any atom is 0.409 e. The van der Waals surface area contributed by atoms with Crippen LogP contribution in [0.1, 0.15) is 34.2 Å². The second kappa shape index (κ2) is 10.7. The molecular weight excluding hydrogens is 472 g/mol. The maximum absolute atomic E-state index is 13.1. The van der Waals surface area contributed by atoms with Crippen molar-refractivity contribution < 1.29 is 23.9 Å². The molecule has 10 heteroatoms. The quantitative estimate of drug-likeness (QED) is 0.491. The highest BCUT2D eigenvalue weighted by Gasteiger charge is 2.26. The zero-order valence-electron chi connectivity index (χ0n) is 19.5. The number of aromatic nitrogens is 2. The Morgan fingerprint density at radius 1 is 1.03 bits per heavy atom. The number of hydrogen-bond donors (Lipinski definition) is 0. The third-order valence-corrected chi connectivity index (χ3v) is 6.03. The van der Waals surface area contributed by atoms with Gasteiger partial charge in [0.2, 0.25) is 0 Å². The number of methoxy groups -OCH3 is 1. The summed E-state index contributed by atoms with van der Waals surface area (Å²) in [6, 6.07) is 10.2. The Morgan fingerprint density at radius 3 is 2.43 bits per heavy atom. The smallest absolute Gasteiger partial charge is 0.409 e. The number of benzene rings is 1. The van der Waals surface area contributed by atoms with E-state index >= 15 is 0 Å². The second-order valence-corrected chi connectivity index (χ2v) is 8.45. The zero-order valence-corrected chi connectivity index (χ0v) is 20.2. The number of piperazine rings is 1. The highest BCUT2D eigenvalue weighted by Crippen LogP contribution is 2.29. The van der Waals surface area contributed by atoms with Crippen molar-refractivity contribution in [3.05, 3.63) is 58.9 Å². The van der Waals surface area contributed by atoms with E-state index in [1.54, 1.807) is 46.2 Å². The van der Waals surface area contributed by atoms with Gasteiger partial charge in [-0.3, -0.25) is 4.79 Å². The summed E-state index contributed by atoms with van der Waals surface area (Å²) >= 11 is 6.50. The number of ether oxygens (including phenoxy) is 2. The van der Waals surface area contributed by atoms with Crippen molar-refractivity contribution in [1.82, 2.24) is 19.8 Å². The van der Waals surface area contributed by atoms with Crippen LogP contribution in [0.3, 0.4) is 0 Å². The molecule has 1 saturated heterocycles. The fraction of sp³-hybridized carbons (Fsp3) is 0.320. The fourth-order valence-corrected chi connectivity index (χ4v) is 4.06. The molecule has 35 heavy (non-hydrogen) atoms. The first-order chi connectivity index (χ1) is 16.9. The van der Waals surface area contributed by atoms with Crippen molar-refractivity contribution in [1.29, 1.82) is 0 Å². The number of halogens is 1. The number of hydrogen-bond acceptors (Lipinski definition) is 7. The Hall–Kier alpha value is -3.72. The Morgan fingerprint density at radius 2 is 1.77 bits per heavy atom. The molecule has 1 fully saturated rings. The van der Waals surface area contributed by atoms with Gasteiger partial charge in [-0.1, -0.05) is 24.6 Å². The van der Waals surface area contributed by atoms with E-state index in [1.807, 2.05) is 6.92 Å². The van der Waals surface area contributed by atoms with E-state index in [0.29, 0.717) is 60.1 Å². The molecule has 2 aromatic heterocycles. The van der Waals surface area contributed by atoms with Gasteiger partial charge in [-0.2, -0.15) is 0 Å². The molecule has 0 unspecified atom stereocenters. The first-order valence-corrected chi connectivity index (χ1v) is 11.6. The van der Waals surface area contributed by atoms with Crippen molar-refractivity contribution in [2.45, 2.75) is 13.3 Å². The van der Waals surface area contributed by atoms with Crippen LogP contribution in [0.15, 0.2) is 42.6 Å². The molecule has 0 atom stereocenters. The lowest BCUT2D eigenvalue weighted by atomic mass is 10.1. The second-order valence-electron chi connectivity index (χ2n) is 8.04. The topological polar surface area (TPSA) is 102 Å². The van der Waals surface area contributed by atoms with E-state index < -0.39 is 5.97 Å². The zero-order chi connectivity index (χ0) is 24.9. The number of carbonyl (C=O) groups excluding carboxylic acids is 3. The van der Waals surface area contributed by atoms with E-state index in [0.717, 1.165) is 11.8 Å². The molecule has 1 aliphatic rings. The van der Waals surface area contributed by atoms with Crippen molar-refractivity contribution in [2.75, 3.05) is 39.9 Å². The Balaban J connectivity index is 1.52. The van der Waals surface area contributed by atoms with E-state index in [2.05, 4.69) is 14.7 Å². The molecule has 1 aromatic carbocycles. The molecule has 4 rings (SSSR count). The standard InChI is InChI=1S/C25H25ClN4O5/c1-3-12-35-25(33)30-10-8-29(9-11-30)23(31)16-4-6-18-19(26)14-21(28-22(18)13-16)17-5-7-20(27-15-17)24(32)34-2/h4-7,13-15H,3,8-12H2,1-2H3. The summed E-state index contributed by atoms with van der Waals surface area (Å²) in [4.78, 5) is 48.9. The van der Waals surface area contributed by atoms with E-state index in [1.165, 1.54) is 13.3 Å². The van der Waals surface area contributed by atoms with Crippen LogP contribution in [0.25, 0.3) is 22.2 Å². The van der Waals surface area contributed by atoms with Crippen LogP contribution >= 0.6 is 11.6 Å². The molecule has 2 amide bonds. The molecule has 9 nitrogen and oxygen atoms in total. The number of nitrogens with zero attached hydrogens (tertiary/aromatic N) is 4. The van der Waals surface area contributed by atoms with Crippen molar-refractivity contribution in [2.24, 2.45) is 0 Å². The number of carbonyl (C=O) groups is 3. The summed E-state index contributed by atoms with van der Waals surface area (Å²) in [5.74, 6) is -0.663. The van der Waals surface area contributed by atoms with Crippen LogP contribution in [-0.4, -0.2) is 77.6 Å². The predicted molar refractivity (Wildman–Crippen MR) is 130 cm³/mol. The number of esters is 1. The molecule has 0 radical (unpaired) electrons. The molecule has 3 aromatic rings. The van der Waals surface area contributed by atoms with Gasteiger partial charge in [-0.05, 0) is 36.8 Å². The van der Waals surface area contributed by atoms with Gasteiger partial charge in [0.15, 0.2) is 0 Å². The first-order valence-electron chi connectivity index (χ1n) is 11.3. The summed E-state index contributed by atoms with van der Waals surface area (Å²) in [5, 5.41) is 1.20. The van der Waals surface area contributed by atoms with Crippen molar-refractivity contribution in [3.63, 3.8) is 0 Å². The maximum atomic E-state index is 13.1. The van der Waals surface area contributed by atoms with Crippen LogP contribution in [0, 0.1) is 0 Å². The summed E-state index contributed by atoms with van der Waals surface area (Å²) < 4.78 is 9.86. The minimum absolute atomic E-state index is 0.138. The predicted octanol–water partition coefficient (Wildman–Crippen LogP) is 4.04. The lowest BCUT2D eigenvalue weighted by Gasteiger charge is -2.34. The molecule has 0 N–H and O–H groups in total. The monoisotopic (exact) mass is 496 g/mol. The molecule has 1 aliphatic heterocycles. The van der Waals surface area contributed by atoms with Gasteiger partial charge in [-0.15, -0.1) is 0 Å². The number of pyridine rings is 2. The Kier molecular flexibility index (Phi) is 7.45. The summed E-state index contributed by atoms with van der Waals surface area (Å²) in [5.41, 5.74) is 2.48. The van der Waals surface area contributed by atoms with Gasteiger partial charge in [-0.25, -0.2) is 19.6 Å². The molecule has 182 valence electrons. The third-order valence-electron chi connectivity index (χ3n) is 5.71. The molecule has 0 bridgehead atoms. The lowest BCUT2D eigenvalue weighted by molar-refractivity contribution is 0.0560. The third kappa shape index (κ3) is 5.35. The van der Waals surface area contributed by atoms with Crippen LogP contribution in [0.5, 0.6) is 0 Å². The minimum Gasteiger partial charge on any atom is -0.464 e. The Bertz CT molecular complexity index is 1260. The number of amides is 2. The highest BCUT2D eigenvalue weighted by atomic mass is 35.5. The molecule has 0 aliphatic carbocycles. The van der Waals surface area contributed by atoms with Crippen LogP contribution in [0.2, 0.25) is 5.02 Å². The van der Waals surface area contributed by atoms with Crippen LogP contribution < -0.4 is 0 Å². The van der Waals surface area contributed by atoms with Gasteiger partial charge in [0.1, 0.15) is 5.69 Å². The largest absolute Gasteiger partial charge is 0.464 e. The van der Waals surface area contributed by atoms with E-state index in [9.17, 15) is 14.4 Å². The minimum atomic E-state index is -0.525. The first kappa shape index (κ1) is 24.4. The fourth-order valence-electron chi connectivity index (χ4n) is 3.79. The lowest BCUT2D eigenvalue weighted by Crippen LogP contribution is -2.50. The normalized spacial score (nSPS) is 13.6. The summed E-state index contributed by atoms with van der Waals surface area (Å²) in [7, 11) is 1.29. The van der Waals surface area contributed by atoms with Gasteiger partial charge in [0, 0.05) is 48.9 Å². The van der Waals surface area contributed by atoms with Crippen molar-refractivity contribution in [3.8, 4) is 11.3 Å². The summed E-state index contributed by atoms with van der Waals surface area (Å²) in [6.45, 7) is 4.01. The molecule has 3 heterocycles. The van der Waals surface area contributed by atoms with Gasteiger partial charge >= 0.3 is 12.1 Å². The SMILES string of the molecule is CCCOC(=O)N1CCN(C(=O)c2ccc3c(Cl)cc(-c4ccc(C(=O)OC)nc4)nc3c2)CC1. The van der Waals surface area contributed by atoms with Gasteiger partial charge in [0.25, 0.3) is 5.91 Å². The van der Waals surface area contributed by atoms with Crippen molar-refractivity contribution >= 4 is 40.5 Å². The number of rotatable bonds is 5. The van der Waals surface area contributed by atoms with Gasteiger partial charge in [0.05, 0.1) is 29.9 Å². The van der Waals surface area contributed by atoms with E-state index in [4.69, 9.17) is 16.3 Å². The van der Waals surface area contributed by atoms with E-state index in [-0.39, 0.29) is 17.7 Å². The summed E-state index contributed by atoms with van der Waals surface area (Å²) in [6.07, 6.45) is 1.95. The number of fused-ring (bicyclic) bond motifs is 1. The average molecular weight is 497 g/mol. The highest BCUT2D eigenvalue weighted by molar-refractivity contribution is 6.35. The Labute approximate surface area is 207 Å². The van der Waals surface area contributed by atoms with Crippen LogP contribution in [0.4, 0.5) is 4.79 Å². The molecule has 0 spiro atoms. The average Bonchev–Trinajstić information content (AvgIpc) is 2.90. The molecular formula is C25H25ClN4O5. The molecule has 0 saturated carbocycles.